The number of para-hydroxylation sites is 1. The Kier molecular flexibility index (Phi) is 6.67. The summed E-state index contributed by atoms with van der Waals surface area (Å²) in [5, 5.41) is 9.63. The molecule has 1 aromatic carbocycles. The molecule has 1 unspecified atom stereocenters. The highest BCUT2D eigenvalue weighted by molar-refractivity contribution is 8.02. The summed E-state index contributed by atoms with van der Waals surface area (Å²) < 4.78 is -1.45. The minimum atomic E-state index is -0.827. The smallest absolute Gasteiger partial charge is 0.247 e. The van der Waals surface area contributed by atoms with Crippen LogP contribution in [0.2, 0.25) is 0 Å². The number of benzene rings is 1. The first kappa shape index (κ1) is 25.7. The highest BCUT2D eigenvalue weighted by atomic mass is 32.2. The van der Waals surface area contributed by atoms with Crippen LogP contribution in [-0.4, -0.2) is 80.4 Å². The Morgan fingerprint density at radius 3 is 2.39 bits per heavy atom. The quantitative estimate of drug-likeness (QED) is 0.585. The van der Waals surface area contributed by atoms with Crippen molar-refractivity contribution in [2.24, 2.45) is 11.8 Å². The second-order valence-corrected chi connectivity index (χ2v) is 13.3. The number of hydrogen-bond donors (Lipinski definition) is 1. The number of hydrogen-bond acceptors (Lipinski definition) is 5. The fourth-order valence-electron chi connectivity index (χ4n) is 7.58. The van der Waals surface area contributed by atoms with Crippen molar-refractivity contribution >= 4 is 35.2 Å². The van der Waals surface area contributed by atoms with E-state index in [9.17, 15) is 19.5 Å². The van der Waals surface area contributed by atoms with Crippen LogP contribution in [0.5, 0.6) is 0 Å². The van der Waals surface area contributed by atoms with Gasteiger partial charge >= 0.3 is 0 Å². The molecular formula is C30H37N3O4S. The van der Waals surface area contributed by atoms with E-state index in [-0.39, 0.29) is 30.4 Å². The number of fused-ring (bicyclic) bond motifs is 2. The van der Waals surface area contributed by atoms with Gasteiger partial charge in [-0.05, 0) is 38.3 Å². The molecule has 6 rings (SSSR count). The lowest BCUT2D eigenvalue weighted by Gasteiger charge is -2.40. The molecule has 1 aliphatic carbocycles. The van der Waals surface area contributed by atoms with E-state index in [1.165, 1.54) is 6.42 Å². The molecule has 1 saturated carbocycles. The predicted molar refractivity (Wildman–Crippen MR) is 149 cm³/mol. The average molecular weight is 536 g/mol. The van der Waals surface area contributed by atoms with Crippen molar-refractivity contribution in [3.63, 3.8) is 0 Å². The van der Waals surface area contributed by atoms with E-state index < -0.39 is 27.4 Å². The minimum Gasteiger partial charge on any atom is -0.396 e. The van der Waals surface area contributed by atoms with E-state index in [0.717, 1.165) is 31.4 Å². The minimum absolute atomic E-state index is 0.000377. The van der Waals surface area contributed by atoms with E-state index in [1.54, 1.807) is 21.6 Å². The Labute approximate surface area is 228 Å². The number of anilines is 1. The number of carbonyl (C=O) groups is 3. The number of aliphatic hydroxyl groups excluding tert-OH is 1. The molecule has 4 heterocycles. The van der Waals surface area contributed by atoms with Crippen LogP contribution in [0.3, 0.4) is 0 Å². The summed E-state index contributed by atoms with van der Waals surface area (Å²) in [5.74, 6) is -1.44. The first-order valence-electron chi connectivity index (χ1n) is 14.0. The first-order valence-corrected chi connectivity index (χ1v) is 14.9. The summed E-state index contributed by atoms with van der Waals surface area (Å²) in [7, 11) is 0. The maximum atomic E-state index is 14.4. The predicted octanol–water partition coefficient (Wildman–Crippen LogP) is 3.39. The van der Waals surface area contributed by atoms with E-state index in [2.05, 4.69) is 25.2 Å². The third-order valence-electron chi connectivity index (χ3n) is 9.23. The third-order valence-corrected chi connectivity index (χ3v) is 11.0. The molecule has 5 aliphatic rings. The molecule has 202 valence electrons. The standard InChI is InChI=1S/C30H37N3O4S/c1-29-15-8-17-31(21-11-4-2-5-12-21)26(35)23(29)24-27(36)33(19-10-20-34)25-28(37)32(22-13-6-3-7-14-22)18-9-16-30(24,25)38-29/h2,4-5,8-9,11-12,15-16,22-25,34H,3,6-7,10,13-14,17-20H2,1H3/t23-,24-,25?,29+,30-/m0/s1. The zero-order valence-corrected chi connectivity index (χ0v) is 22.8. The SMILES string of the molecule is C[C@@]12C=CCN(c3ccccc3)C(=O)[C@@H]1[C@H]1C(=O)N(CCCO)C3C(=O)N(C4CCCCC4)CC=C[C@@]31S2. The van der Waals surface area contributed by atoms with Gasteiger partial charge in [0.15, 0.2) is 0 Å². The van der Waals surface area contributed by atoms with Gasteiger partial charge in [-0.2, -0.15) is 0 Å². The molecule has 4 aliphatic heterocycles. The molecule has 8 heteroatoms. The largest absolute Gasteiger partial charge is 0.396 e. The summed E-state index contributed by atoms with van der Waals surface area (Å²) >= 11 is 1.63. The molecule has 1 N–H and O–H groups in total. The van der Waals surface area contributed by atoms with Crippen molar-refractivity contribution in [3.05, 3.63) is 54.6 Å². The summed E-state index contributed by atoms with van der Waals surface area (Å²) in [6.45, 7) is 3.31. The molecule has 1 aromatic rings. The Bertz CT molecular complexity index is 1170. The number of thioether (sulfide) groups is 1. The molecule has 2 saturated heterocycles. The van der Waals surface area contributed by atoms with Crippen molar-refractivity contribution in [1.82, 2.24) is 9.80 Å². The van der Waals surface area contributed by atoms with E-state index in [1.807, 2.05) is 41.3 Å². The van der Waals surface area contributed by atoms with Crippen molar-refractivity contribution in [1.29, 1.82) is 0 Å². The summed E-state index contributed by atoms with van der Waals surface area (Å²) in [5.41, 5.74) is 0.812. The van der Waals surface area contributed by atoms with Gasteiger partial charge in [-0.25, -0.2) is 0 Å². The van der Waals surface area contributed by atoms with Crippen LogP contribution in [-0.2, 0) is 14.4 Å². The second kappa shape index (κ2) is 9.87. The van der Waals surface area contributed by atoms with Gasteiger partial charge in [-0.1, -0.05) is 61.8 Å². The van der Waals surface area contributed by atoms with Crippen molar-refractivity contribution in [3.8, 4) is 0 Å². The van der Waals surface area contributed by atoms with Crippen LogP contribution < -0.4 is 4.90 Å². The number of rotatable bonds is 5. The summed E-state index contributed by atoms with van der Waals surface area (Å²) in [6.07, 6.45) is 14.1. The van der Waals surface area contributed by atoms with Crippen LogP contribution in [0.15, 0.2) is 54.6 Å². The molecule has 38 heavy (non-hydrogen) atoms. The molecule has 0 aromatic heterocycles. The van der Waals surface area contributed by atoms with Gasteiger partial charge in [0, 0.05) is 42.7 Å². The fourth-order valence-corrected chi connectivity index (χ4v) is 9.74. The van der Waals surface area contributed by atoms with Crippen LogP contribution in [0.25, 0.3) is 0 Å². The number of carbonyl (C=O) groups excluding carboxylic acids is 3. The molecular weight excluding hydrogens is 498 g/mol. The van der Waals surface area contributed by atoms with E-state index in [4.69, 9.17) is 0 Å². The van der Waals surface area contributed by atoms with Gasteiger partial charge in [0.2, 0.25) is 17.7 Å². The van der Waals surface area contributed by atoms with Crippen LogP contribution in [0.1, 0.15) is 45.4 Å². The Morgan fingerprint density at radius 1 is 0.921 bits per heavy atom. The summed E-state index contributed by atoms with van der Waals surface area (Å²) in [4.78, 5) is 48.6. The van der Waals surface area contributed by atoms with Crippen molar-refractivity contribution in [2.75, 3.05) is 31.1 Å². The molecule has 3 amide bonds. The number of aliphatic hydroxyl groups is 1. The maximum Gasteiger partial charge on any atom is 0.247 e. The maximum absolute atomic E-state index is 14.4. The Balaban J connectivity index is 1.44. The topological polar surface area (TPSA) is 81.2 Å². The Morgan fingerprint density at radius 2 is 1.66 bits per heavy atom. The highest BCUT2D eigenvalue weighted by Crippen LogP contribution is 2.65. The van der Waals surface area contributed by atoms with Crippen LogP contribution >= 0.6 is 11.8 Å². The third kappa shape index (κ3) is 3.86. The highest BCUT2D eigenvalue weighted by Gasteiger charge is 2.74. The van der Waals surface area contributed by atoms with Crippen molar-refractivity contribution < 1.29 is 19.5 Å². The zero-order valence-electron chi connectivity index (χ0n) is 22.0. The van der Waals surface area contributed by atoms with Gasteiger partial charge in [-0.15, -0.1) is 11.8 Å². The molecule has 0 bridgehead atoms. The zero-order chi connectivity index (χ0) is 26.5. The van der Waals surface area contributed by atoms with Crippen LogP contribution in [0.4, 0.5) is 5.69 Å². The normalized spacial score (nSPS) is 35.3. The number of nitrogens with zero attached hydrogens (tertiary/aromatic N) is 3. The Hall–Kier alpha value is -2.58. The van der Waals surface area contributed by atoms with Gasteiger partial charge < -0.3 is 19.8 Å². The van der Waals surface area contributed by atoms with Crippen molar-refractivity contribution in [2.45, 2.75) is 67.0 Å². The van der Waals surface area contributed by atoms with E-state index >= 15 is 0 Å². The fraction of sp³-hybridized carbons (Fsp3) is 0.567. The first-order chi connectivity index (χ1) is 18.4. The average Bonchev–Trinajstić information content (AvgIpc) is 3.19. The molecule has 1 spiro atoms. The van der Waals surface area contributed by atoms with E-state index in [0.29, 0.717) is 26.1 Å². The lowest BCUT2D eigenvalue weighted by molar-refractivity contribution is -0.144. The van der Waals surface area contributed by atoms with Gasteiger partial charge in [-0.3, -0.25) is 14.4 Å². The van der Waals surface area contributed by atoms with Crippen LogP contribution in [0, 0.1) is 11.8 Å². The number of likely N-dealkylation sites (tertiary alicyclic amines) is 1. The number of amides is 3. The lowest BCUT2D eigenvalue weighted by Crippen LogP contribution is -2.55. The van der Waals surface area contributed by atoms with Gasteiger partial charge in [0.1, 0.15) is 6.04 Å². The second-order valence-electron chi connectivity index (χ2n) is 11.5. The van der Waals surface area contributed by atoms with Gasteiger partial charge in [0.25, 0.3) is 0 Å². The van der Waals surface area contributed by atoms with Gasteiger partial charge in [0.05, 0.1) is 16.6 Å². The molecule has 0 radical (unpaired) electrons. The lowest BCUT2D eigenvalue weighted by atomic mass is 9.74. The molecule has 5 atom stereocenters. The summed E-state index contributed by atoms with van der Waals surface area (Å²) in [6, 6.07) is 9.13. The monoisotopic (exact) mass is 535 g/mol. The molecule has 7 nitrogen and oxygen atoms in total. The molecule has 3 fully saturated rings.